The maximum atomic E-state index is 14.3. The van der Waals surface area contributed by atoms with Crippen molar-refractivity contribution in [3.63, 3.8) is 0 Å². The first-order valence-corrected chi connectivity index (χ1v) is 11.9. The predicted molar refractivity (Wildman–Crippen MR) is 121 cm³/mol. The highest BCUT2D eigenvalue weighted by atomic mass is 32.2. The highest BCUT2D eigenvalue weighted by molar-refractivity contribution is 8.00. The molecule has 0 spiro atoms. The highest BCUT2D eigenvalue weighted by Crippen LogP contribution is 2.35. The number of hydrogen-bond donors (Lipinski definition) is 0. The average Bonchev–Trinajstić information content (AvgIpc) is 3.45. The molecule has 4 aromatic rings. The maximum absolute atomic E-state index is 14.3. The third-order valence-corrected chi connectivity index (χ3v) is 7.51. The smallest absolute Gasteiger partial charge is 0.290 e. The summed E-state index contributed by atoms with van der Waals surface area (Å²) < 4.78 is 27.3. The average molecular weight is 454 g/mol. The molecule has 4 nitrogen and oxygen atoms in total. The van der Waals surface area contributed by atoms with E-state index in [-0.39, 0.29) is 18.3 Å². The molecular formula is C24H20FNO3S2. The number of amides is 1. The molecule has 1 unspecified atom stereocenters. The van der Waals surface area contributed by atoms with Gasteiger partial charge in [0, 0.05) is 28.8 Å². The van der Waals surface area contributed by atoms with Gasteiger partial charge >= 0.3 is 0 Å². The number of nitrogens with zero attached hydrogens (tertiary/aromatic N) is 1. The molecule has 1 fully saturated rings. The first-order valence-electron chi connectivity index (χ1n) is 10.0. The molecule has 0 N–H and O–H groups in total. The molecule has 3 heterocycles. The van der Waals surface area contributed by atoms with Crippen LogP contribution in [0.3, 0.4) is 0 Å². The number of thioether (sulfide) groups is 1. The van der Waals surface area contributed by atoms with Crippen LogP contribution in [0.15, 0.2) is 74.7 Å². The molecule has 2 aromatic carbocycles. The number of morpholine rings is 1. The number of halogens is 1. The van der Waals surface area contributed by atoms with Gasteiger partial charge in [-0.25, -0.2) is 4.39 Å². The van der Waals surface area contributed by atoms with E-state index in [2.05, 4.69) is 6.07 Å². The Labute approximate surface area is 187 Å². The second-order valence-corrected chi connectivity index (χ2v) is 9.48. The minimum absolute atomic E-state index is 0.178. The molecule has 7 heteroatoms. The fourth-order valence-electron chi connectivity index (χ4n) is 3.81. The van der Waals surface area contributed by atoms with Crippen molar-refractivity contribution in [2.45, 2.75) is 16.1 Å². The molecule has 2 aromatic heterocycles. The normalized spacial score (nSPS) is 16.7. The molecule has 1 atom stereocenters. The molecule has 158 valence electrons. The third kappa shape index (κ3) is 4.13. The number of carbonyl (C=O) groups is 1. The van der Waals surface area contributed by atoms with Gasteiger partial charge < -0.3 is 14.1 Å². The fraction of sp³-hybridized carbons (Fsp3) is 0.208. The summed E-state index contributed by atoms with van der Waals surface area (Å²) in [5, 5.41) is 2.99. The summed E-state index contributed by atoms with van der Waals surface area (Å²) in [5.74, 6) is 0.500. The number of fused-ring (bicyclic) bond motifs is 1. The van der Waals surface area contributed by atoms with E-state index in [4.69, 9.17) is 9.15 Å². The molecule has 1 aliphatic rings. The molecule has 0 saturated carbocycles. The summed E-state index contributed by atoms with van der Waals surface area (Å²) in [4.78, 5) is 15.2. The van der Waals surface area contributed by atoms with E-state index >= 15 is 0 Å². The lowest BCUT2D eigenvalue weighted by Gasteiger charge is -2.33. The quantitative estimate of drug-likeness (QED) is 0.341. The van der Waals surface area contributed by atoms with Crippen LogP contribution < -0.4 is 0 Å². The maximum Gasteiger partial charge on any atom is 0.290 e. The fourth-order valence-corrected chi connectivity index (χ4v) is 5.62. The molecule has 1 amide bonds. The van der Waals surface area contributed by atoms with Crippen molar-refractivity contribution >= 4 is 40.0 Å². The Balaban J connectivity index is 1.43. The zero-order valence-corrected chi connectivity index (χ0v) is 18.3. The van der Waals surface area contributed by atoms with Crippen LogP contribution in [0, 0.1) is 5.82 Å². The van der Waals surface area contributed by atoms with Crippen molar-refractivity contribution in [3.05, 3.63) is 88.7 Å². The lowest BCUT2D eigenvalue weighted by molar-refractivity contribution is -0.0252. The van der Waals surface area contributed by atoms with Crippen molar-refractivity contribution in [1.29, 1.82) is 0 Å². The van der Waals surface area contributed by atoms with E-state index in [1.807, 2.05) is 35.7 Å². The number of ether oxygens (including phenoxy) is 1. The first-order chi connectivity index (χ1) is 15.2. The Morgan fingerprint density at radius 2 is 1.97 bits per heavy atom. The zero-order valence-electron chi connectivity index (χ0n) is 16.6. The minimum atomic E-state index is -0.493. The van der Waals surface area contributed by atoms with Gasteiger partial charge in [0.25, 0.3) is 5.91 Å². The zero-order chi connectivity index (χ0) is 21.2. The van der Waals surface area contributed by atoms with E-state index in [9.17, 15) is 9.18 Å². The van der Waals surface area contributed by atoms with Gasteiger partial charge in [-0.05, 0) is 23.6 Å². The van der Waals surface area contributed by atoms with Gasteiger partial charge in [0.1, 0.15) is 17.5 Å². The molecule has 1 aliphatic heterocycles. The molecule has 0 bridgehead atoms. The van der Waals surface area contributed by atoms with E-state index in [0.29, 0.717) is 35.8 Å². The van der Waals surface area contributed by atoms with Crippen LogP contribution >= 0.6 is 23.1 Å². The summed E-state index contributed by atoms with van der Waals surface area (Å²) in [7, 11) is 0. The molecular weight excluding hydrogens is 433 g/mol. The Bertz CT molecular complexity index is 1200. The summed E-state index contributed by atoms with van der Waals surface area (Å²) in [6, 6.07) is 18.4. The number of para-hydroxylation sites is 1. The Hall–Kier alpha value is -2.61. The van der Waals surface area contributed by atoms with Gasteiger partial charge in [0.15, 0.2) is 5.76 Å². The van der Waals surface area contributed by atoms with Crippen molar-refractivity contribution in [2.75, 3.05) is 19.7 Å². The van der Waals surface area contributed by atoms with Crippen molar-refractivity contribution in [1.82, 2.24) is 4.90 Å². The van der Waals surface area contributed by atoms with E-state index < -0.39 is 6.10 Å². The largest absolute Gasteiger partial charge is 0.451 e. The lowest BCUT2D eigenvalue weighted by atomic mass is 10.1. The number of rotatable bonds is 5. The van der Waals surface area contributed by atoms with Gasteiger partial charge in [-0.2, -0.15) is 0 Å². The van der Waals surface area contributed by atoms with Crippen LogP contribution in [0.1, 0.15) is 27.8 Å². The van der Waals surface area contributed by atoms with E-state index in [0.717, 1.165) is 10.9 Å². The third-order valence-electron chi connectivity index (χ3n) is 5.35. The van der Waals surface area contributed by atoms with Crippen LogP contribution in [0.25, 0.3) is 11.0 Å². The van der Waals surface area contributed by atoms with Crippen LogP contribution in [0.4, 0.5) is 4.39 Å². The van der Waals surface area contributed by atoms with Gasteiger partial charge in [0.05, 0.1) is 17.4 Å². The minimum Gasteiger partial charge on any atom is -0.451 e. The Morgan fingerprint density at radius 1 is 1.13 bits per heavy atom. The SMILES string of the molecule is O=C(c1oc2ccccc2c1CSc1cccs1)N1CCOC(c2ccccc2F)C1. The first kappa shape index (κ1) is 20.3. The highest BCUT2D eigenvalue weighted by Gasteiger charge is 2.31. The van der Waals surface area contributed by atoms with Gasteiger partial charge in [-0.15, -0.1) is 23.1 Å². The second kappa shape index (κ2) is 8.86. The molecule has 0 radical (unpaired) electrons. The van der Waals surface area contributed by atoms with Crippen LogP contribution in [-0.4, -0.2) is 30.5 Å². The molecule has 5 rings (SSSR count). The monoisotopic (exact) mass is 453 g/mol. The lowest BCUT2D eigenvalue weighted by Crippen LogP contribution is -2.42. The molecule has 1 saturated heterocycles. The van der Waals surface area contributed by atoms with Gasteiger partial charge in [-0.1, -0.05) is 42.5 Å². The predicted octanol–water partition coefficient (Wildman–Crippen LogP) is 6.14. The molecule has 0 aliphatic carbocycles. The number of thiophene rings is 1. The Morgan fingerprint density at radius 3 is 2.81 bits per heavy atom. The van der Waals surface area contributed by atoms with Crippen LogP contribution in [-0.2, 0) is 10.5 Å². The summed E-state index contributed by atoms with van der Waals surface area (Å²) >= 11 is 3.37. The molecule has 31 heavy (non-hydrogen) atoms. The summed E-state index contributed by atoms with van der Waals surface area (Å²) in [5.41, 5.74) is 2.07. The summed E-state index contributed by atoms with van der Waals surface area (Å²) in [6.45, 7) is 1.08. The van der Waals surface area contributed by atoms with Crippen LogP contribution in [0.5, 0.6) is 0 Å². The Kier molecular flexibility index (Phi) is 5.80. The van der Waals surface area contributed by atoms with Crippen molar-refractivity contribution in [3.8, 4) is 0 Å². The van der Waals surface area contributed by atoms with Gasteiger partial charge in [-0.3, -0.25) is 4.79 Å². The number of carbonyl (C=O) groups excluding carboxylic acids is 1. The van der Waals surface area contributed by atoms with Crippen molar-refractivity contribution in [2.24, 2.45) is 0 Å². The van der Waals surface area contributed by atoms with E-state index in [1.165, 1.54) is 10.3 Å². The second-order valence-electron chi connectivity index (χ2n) is 7.26. The van der Waals surface area contributed by atoms with Gasteiger partial charge in [0.2, 0.25) is 0 Å². The van der Waals surface area contributed by atoms with Crippen LogP contribution in [0.2, 0.25) is 0 Å². The number of benzene rings is 2. The standard InChI is InChI=1S/C24H20FNO3S2/c25-19-8-3-1-7-17(19)21-14-26(11-12-28-21)24(27)23-18(15-31-22-10-5-13-30-22)16-6-2-4-9-20(16)29-23/h1-10,13,21H,11-12,14-15H2. The van der Waals surface area contributed by atoms with Crippen molar-refractivity contribution < 1.29 is 18.3 Å². The summed E-state index contributed by atoms with van der Waals surface area (Å²) in [6.07, 6.45) is -0.493. The number of furan rings is 1. The number of hydrogen-bond acceptors (Lipinski definition) is 5. The topological polar surface area (TPSA) is 42.7 Å². The van der Waals surface area contributed by atoms with E-state index in [1.54, 1.807) is 46.2 Å².